The minimum atomic E-state index is -0.911. The highest BCUT2D eigenvalue weighted by Gasteiger charge is 2.14. The Morgan fingerprint density at radius 1 is 1.32 bits per heavy atom. The van der Waals surface area contributed by atoms with E-state index >= 15 is 0 Å². The number of aryl methyl sites for hydroxylation is 2. The summed E-state index contributed by atoms with van der Waals surface area (Å²) in [6.07, 6.45) is -0.0941. The number of benzene rings is 1. The fraction of sp³-hybridized carbons (Fsp3) is 0.211. The second-order valence-electron chi connectivity index (χ2n) is 5.77. The predicted octanol–water partition coefficient (Wildman–Crippen LogP) is 3.99. The standard InChI is InChI=1S/C19H16N2O3S/c1-11-3-4-13(12(2)21-11)9-24-16-5-14(8-20)19-15(6-18(22)23)10-25-17(19)7-16/h3-5,7,10H,6,9H2,1-2H3,(H,22,23). The van der Waals surface area contributed by atoms with Crippen LogP contribution in [0, 0.1) is 25.2 Å². The van der Waals surface area contributed by atoms with E-state index in [1.54, 1.807) is 11.4 Å². The van der Waals surface area contributed by atoms with Gasteiger partial charge in [-0.1, -0.05) is 6.07 Å². The second kappa shape index (κ2) is 6.91. The molecule has 0 bridgehead atoms. The molecule has 5 nitrogen and oxygen atoms in total. The minimum Gasteiger partial charge on any atom is -0.489 e. The first kappa shape index (κ1) is 16.9. The predicted molar refractivity (Wildman–Crippen MR) is 95.9 cm³/mol. The Hall–Kier alpha value is -2.91. The Balaban J connectivity index is 1.90. The van der Waals surface area contributed by atoms with E-state index < -0.39 is 5.97 Å². The molecule has 3 rings (SSSR count). The number of hydrogen-bond donors (Lipinski definition) is 1. The van der Waals surface area contributed by atoms with Crippen molar-refractivity contribution in [2.75, 3.05) is 0 Å². The van der Waals surface area contributed by atoms with Crippen molar-refractivity contribution in [1.29, 1.82) is 5.26 Å². The van der Waals surface area contributed by atoms with Gasteiger partial charge >= 0.3 is 5.97 Å². The van der Waals surface area contributed by atoms with Crippen molar-refractivity contribution in [3.05, 3.63) is 57.7 Å². The third kappa shape index (κ3) is 3.62. The summed E-state index contributed by atoms with van der Waals surface area (Å²) in [4.78, 5) is 15.4. The maximum Gasteiger partial charge on any atom is 0.307 e. The third-order valence-electron chi connectivity index (χ3n) is 3.92. The first-order valence-electron chi connectivity index (χ1n) is 7.70. The molecule has 0 unspecified atom stereocenters. The molecular weight excluding hydrogens is 336 g/mol. The highest BCUT2D eigenvalue weighted by atomic mass is 32.1. The van der Waals surface area contributed by atoms with Crippen molar-refractivity contribution >= 4 is 27.4 Å². The number of thiophene rings is 1. The molecular formula is C19H16N2O3S. The van der Waals surface area contributed by atoms with E-state index in [0.29, 0.717) is 28.9 Å². The summed E-state index contributed by atoms with van der Waals surface area (Å²) < 4.78 is 6.70. The van der Waals surface area contributed by atoms with Crippen LogP contribution in [0.4, 0.5) is 0 Å². The largest absolute Gasteiger partial charge is 0.489 e. The van der Waals surface area contributed by atoms with Crippen LogP contribution in [-0.2, 0) is 17.8 Å². The monoisotopic (exact) mass is 352 g/mol. The smallest absolute Gasteiger partial charge is 0.307 e. The van der Waals surface area contributed by atoms with E-state index in [1.807, 2.05) is 32.0 Å². The zero-order chi connectivity index (χ0) is 18.0. The number of hydrogen-bond acceptors (Lipinski definition) is 5. The average Bonchev–Trinajstić information content (AvgIpc) is 2.95. The van der Waals surface area contributed by atoms with Crippen LogP contribution in [0.15, 0.2) is 29.6 Å². The van der Waals surface area contributed by atoms with Crippen LogP contribution in [0.1, 0.15) is 28.1 Å². The summed E-state index contributed by atoms with van der Waals surface area (Å²) in [6, 6.07) is 9.58. The molecule has 25 heavy (non-hydrogen) atoms. The fourth-order valence-corrected chi connectivity index (χ4v) is 3.71. The highest BCUT2D eigenvalue weighted by Crippen LogP contribution is 2.33. The zero-order valence-corrected chi connectivity index (χ0v) is 14.7. The van der Waals surface area contributed by atoms with Gasteiger partial charge in [0.2, 0.25) is 0 Å². The Bertz CT molecular complexity index is 1000. The van der Waals surface area contributed by atoms with Crippen LogP contribution in [0.25, 0.3) is 10.1 Å². The molecule has 3 aromatic rings. The molecule has 126 valence electrons. The number of nitriles is 1. The molecule has 0 aliphatic rings. The molecule has 0 radical (unpaired) electrons. The van der Waals surface area contributed by atoms with Crippen molar-refractivity contribution in [3.63, 3.8) is 0 Å². The Morgan fingerprint density at radius 2 is 2.12 bits per heavy atom. The Morgan fingerprint density at radius 3 is 2.80 bits per heavy atom. The number of carboxylic acids is 1. The van der Waals surface area contributed by atoms with Crippen LogP contribution in [0.2, 0.25) is 0 Å². The molecule has 0 fully saturated rings. The van der Waals surface area contributed by atoms with Crippen LogP contribution in [0.3, 0.4) is 0 Å². The number of fused-ring (bicyclic) bond motifs is 1. The molecule has 0 saturated heterocycles. The lowest BCUT2D eigenvalue weighted by Crippen LogP contribution is -2.01. The second-order valence-corrected chi connectivity index (χ2v) is 6.68. The number of aromatic nitrogens is 1. The lowest BCUT2D eigenvalue weighted by molar-refractivity contribution is -0.136. The van der Waals surface area contributed by atoms with Gasteiger partial charge in [0.1, 0.15) is 12.4 Å². The van der Waals surface area contributed by atoms with Crippen LogP contribution < -0.4 is 4.74 Å². The van der Waals surface area contributed by atoms with Crippen LogP contribution in [-0.4, -0.2) is 16.1 Å². The topological polar surface area (TPSA) is 83.2 Å². The van der Waals surface area contributed by atoms with Crippen molar-refractivity contribution in [2.24, 2.45) is 0 Å². The van der Waals surface area contributed by atoms with E-state index in [0.717, 1.165) is 21.7 Å². The number of ether oxygens (including phenoxy) is 1. The molecule has 0 amide bonds. The molecule has 0 aliphatic heterocycles. The summed E-state index contributed by atoms with van der Waals surface area (Å²) in [6.45, 7) is 4.24. The van der Waals surface area contributed by atoms with E-state index in [1.165, 1.54) is 11.3 Å². The molecule has 2 aromatic heterocycles. The van der Waals surface area contributed by atoms with E-state index in [4.69, 9.17) is 9.84 Å². The van der Waals surface area contributed by atoms with Gasteiger partial charge in [-0.15, -0.1) is 11.3 Å². The molecule has 0 atom stereocenters. The first-order chi connectivity index (χ1) is 12.0. The van der Waals surface area contributed by atoms with Crippen molar-refractivity contribution in [3.8, 4) is 11.8 Å². The van der Waals surface area contributed by atoms with Gasteiger partial charge in [-0.05, 0) is 43.0 Å². The highest BCUT2D eigenvalue weighted by molar-refractivity contribution is 7.17. The molecule has 1 aromatic carbocycles. The maximum absolute atomic E-state index is 11.0. The third-order valence-corrected chi connectivity index (χ3v) is 4.89. The molecule has 0 saturated carbocycles. The van der Waals surface area contributed by atoms with Gasteiger partial charge in [-0.3, -0.25) is 9.78 Å². The number of rotatable bonds is 5. The van der Waals surface area contributed by atoms with Gasteiger partial charge in [-0.2, -0.15) is 5.26 Å². The lowest BCUT2D eigenvalue weighted by Gasteiger charge is -2.10. The molecule has 6 heteroatoms. The summed E-state index contributed by atoms with van der Waals surface area (Å²) in [5.74, 6) is -0.320. The van der Waals surface area contributed by atoms with Crippen molar-refractivity contribution in [2.45, 2.75) is 26.9 Å². The van der Waals surface area contributed by atoms with E-state index in [9.17, 15) is 10.1 Å². The van der Waals surface area contributed by atoms with Gasteiger partial charge in [0, 0.05) is 27.0 Å². The van der Waals surface area contributed by atoms with E-state index in [2.05, 4.69) is 11.1 Å². The van der Waals surface area contributed by atoms with Gasteiger partial charge in [0.25, 0.3) is 0 Å². The quantitative estimate of drug-likeness (QED) is 0.750. The molecule has 2 heterocycles. The number of carbonyl (C=O) groups is 1. The lowest BCUT2D eigenvalue weighted by atomic mass is 10.0. The maximum atomic E-state index is 11.0. The summed E-state index contributed by atoms with van der Waals surface area (Å²) in [5.41, 5.74) is 3.96. The summed E-state index contributed by atoms with van der Waals surface area (Å²) >= 11 is 1.42. The van der Waals surface area contributed by atoms with E-state index in [-0.39, 0.29) is 6.42 Å². The van der Waals surface area contributed by atoms with Gasteiger partial charge < -0.3 is 9.84 Å². The number of pyridine rings is 1. The fourth-order valence-electron chi connectivity index (χ4n) is 2.70. The Labute approximate surface area is 149 Å². The SMILES string of the molecule is Cc1ccc(COc2cc(C#N)c3c(CC(=O)O)csc3c2)c(C)n1. The van der Waals surface area contributed by atoms with Gasteiger partial charge in [0.05, 0.1) is 18.1 Å². The molecule has 0 aliphatic carbocycles. The minimum absolute atomic E-state index is 0.0941. The van der Waals surface area contributed by atoms with Gasteiger partial charge in [0.15, 0.2) is 0 Å². The normalized spacial score (nSPS) is 10.6. The van der Waals surface area contributed by atoms with Crippen molar-refractivity contribution in [1.82, 2.24) is 4.98 Å². The van der Waals surface area contributed by atoms with Crippen molar-refractivity contribution < 1.29 is 14.6 Å². The summed E-state index contributed by atoms with van der Waals surface area (Å²) in [7, 11) is 0. The number of carboxylic acid groups (broad SMARTS) is 1. The Kier molecular flexibility index (Phi) is 4.68. The van der Waals surface area contributed by atoms with Crippen LogP contribution in [0.5, 0.6) is 5.75 Å². The number of nitrogens with zero attached hydrogens (tertiary/aromatic N) is 2. The zero-order valence-electron chi connectivity index (χ0n) is 13.9. The van der Waals surface area contributed by atoms with Crippen LogP contribution >= 0.6 is 11.3 Å². The average molecular weight is 352 g/mol. The first-order valence-corrected chi connectivity index (χ1v) is 8.58. The molecule has 0 spiro atoms. The summed E-state index contributed by atoms with van der Waals surface area (Å²) in [5, 5.41) is 20.9. The molecule has 1 N–H and O–H groups in total. The van der Waals surface area contributed by atoms with Gasteiger partial charge in [-0.25, -0.2) is 0 Å². The number of aliphatic carboxylic acids is 1.